The van der Waals surface area contributed by atoms with Crippen molar-refractivity contribution < 1.29 is 9.21 Å². The van der Waals surface area contributed by atoms with E-state index in [1.807, 2.05) is 24.3 Å². The minimum Gasteiger partial charge on any atom is -0.431 e. The van der Waals surface area contributed by atoms with Gasteiger partial charge in [0.2, 0.25) is 5.91 Å². The normalized spacial score (nSPS) is 10.9. The highest BCUT2D eigenvalue weighted by atomic mass is 32.2. The topological polar surface area (TPSA) is 90.0 Å². The molecule has 0 radical (unpaired) electrons. The van der Waals surface area contributed by atoms with Crippen molar-refractivity contribution in [3.63, 3.8) is 0 Å². The molecule has 0 aliphatic carbocycles. The van der Waals surface area contributed by atoms with E-state index >= 15 is 0 Å². The van der Waals surface area contributed by atoms with Gasteiger partial charge in [-0.1, -0.05) is 23.9 Å². The molecule has 7 nitrogen and oxygen atoms in total. The predicted molar refractivity (Wildman–Crippen MR) is 91.0 cm³/mol. The second-order valence-electron chi connectivity index (χ2n) is 5.15. The fraction of sp³-hybridized carbons (Fsp3) is 0.250. The molecule has 0 saturated heterocycles. The molecule has 0 saturated carbocycles. The average molecular weight is 344 g/mol. The van der Waals surface area contributed by atoms with Crippen molar-refractivity contribution in [2.75, 3.05) is 12.3 Å². The van der Waals surface area contributed by atoms with Crippen molar-refractivity contribution in [1.82, 2.24) is 19.9 Å². The first-order valence-electron chi connectivity index (χ1n) is 7.40. The third-order valence-corrected chi connectivity index (χ3v) is 4.12. The maximum atomic E-state index is 11.9. The van der Waals surface area contributed by atoms with Gasteiger partial charge < -0.3 is 9.73 Å². The van der Waals surface area contributed by atoms with Gasteiger partial charge in [-0.25, -0.2) is 9.97 Å². The van der Waals surface area contributed by atoms with Crippen LogP contribution in [-0.2, 0) is 11.3 Å². The Labute approximate surface area is 142 Å². The number of carbonyl (C=O) groups excluding carboxylic acids is 1. The molecule has 0 fully saturated rings. The van der Waals surface area contributed by atoms with E-state index in [1.54, 1.807) is 6.92 Å². The lowest BCUT2D eigenvalue weighted by Crippen LogP contribution is -2.31. The summed E-state index contributed by atoms with van der Waals surface area (Å²) < 4.78 is 7.00. The number of fused-ring (bicyclic) bond motifs is 1. The molecule has 0 bridgehead atoms. The number of hydrogen-bond donors (Lipinski definition) is 1. The minimum absolute atomic E-state index is 0.127. The van der Waals surface area contributed by atoms with Gasteiger partial charge in [-0.2, -0.15) is 0 Å². The number of aromatic nitrogens is 3. The third-order valence-electron chi connectivity index (χ3n) is 3.29. The van der Waals surface area contributed by atoms with Crippen molar-refractivity contribution in [3.8, 4) is 0 Å². The zero-order chi connectivity index (χ0) is 16.9. The lowest BCUT2D eigenvalue weighted by Gasteiger charge is -2.06. The van der Waals surface area contributed by atoms with Crippen LogP contribution in [-0.4, -0.2) is 32.7 Å². The molecule has 1 N–H and O–H groups in total. The summed E-state index contributed by atoms with van der Waals surface area (Å²) in [5.41, 5.74) is 2.02. The van der Waals surface area contributed by atoms with E-state index in [2.05, 4.69) is 15.3 Å². The van der Waals surface area contributed by atoms with Gasteiger partial charge in [0.15, 0.2) is 5.58 Å². The van der Waals surface area contributed by atoms with E-state index in [4.69, 9.17) is 4.42 Å². The monoisotopic (exact) mass is 344 g/mol. The van der Waals surface area contributed by atoms with Crippen LogP contribution < -0.4 is 10.9 Å². The first-order chi connectivity index (χ1) is 11.6. The number of hydrogen-bond acceptors (Lipinski definition) is 6. The lowest BCUT2D eigenvalue weighted by molar-refractivity contribution is -0.118. The van der Waals surface area contributed by atoms with Crippen LogP contribution in [0.1, 0.15) is 5.69 Å². The minimum atomic E-state index is -0.143. The Hall–Kier alpha value is -2.61. The summed E-state index contributed by atoms with van der Waals surface area (Å²) in [7, 11) is 0. The standard InChI is InChI=1S/C16H16N4O3S/c1-11-8-15(22)20(10-18-11)7-6-17-14(21)9-24-16-19-12-4-2-3-5-13(12)23-16/h2-5,8,10H,6-7,9H2,1H3,(H,17,21). The van der Waals surface area contributed by atoms with Gasteiger partial charge in [-0.15, -0.1) is 0 Å². The van der Waals surface area contributed by atoms with E-state index < -0.39 is 0 Å². The van der Waals surface area contributed by atoms with Gasteiger partial charge in [0.25, 0.3) is 10.8 Å². The van der Waals surface area contributed by atoms with Crippen LogP contribution in [0.15, 0.2) is 51.1 Å². The largest absolute Gasteiger partial charge is 0.431 e. The maximum Gasteiger partial charge on any atom is 0.257 e. The van der Waals surface area contributed by atoms with E-state index in [1.165, 1.54) is 28.7 Å². The van der Waals surface area contributed by atoms with E-state index in [9.17, 15) is 9.59 Å². The molecule has 0 aliphatic heterocycles. The van der Waals surface area contributed by atoms with Crippen molar-refractivity contribution in [2.45, 2.75) is 18.7 Å². The Morgan fingerprint density at radius 3 is 3.00 bits per heavy atom. The number of benzene rings is 1. The molecule has 24 heavy (non-hydrogen) atoms. The Morgan fingerprint density at radius 2 is 2.21 bits per heavy atom. The molecule has 0 spiro atoms. The van der Waals surface area contributed by atoms with Crippen LogP contribution in [0.5, 0.6) is 0 Å². The molecule has 1 amide bonds. The summed E-state index contributed by atoms with van der Waals surface area (Å²) >= 11 is 1.23. The number of nitrogens with one attached hydrogen (secondary N) is 1. The highest BCUT2D eigenvalue weighted by Crippen LogP contribution is 2.22. The molecule has 2 aromatic heterocycles. The molecular formula is C16H16N4O3S. The SMILES string of the molecule is Cc1cc(=O)n(CCNC(=O)CSc2nc3ccccc3o2)cn1. The second-order valence-corrected chi connectivity index (χ2v) is 6.07. The van der Waals surface area contributed by atoms with Crippen LogP contribution in [0, 0.1) is 6.92 Å². The van der Waals surface area contributed by atoms with Gasteiger partial charge in [0, 0.05) is 24.8 Å². The van der Waals surface area contributed by atoms with Crippen LogP contribution in [0.25, 0.3) is 11.1 Å². The van der Waals surface area contributed by atoms with Crippen LogP contribution >= 0.6 is 11.8 Å². The van der Waals surface area contributed by atoms with Crippen LogP contribution in [0.2, 0.25) is 0 Å². The Balaban J connectivity index is 1.46. The highest BCUT2D eigenvalue weighted by Gasteiger charge is 2.08. The molecule has 0 unspecified atom stereocenters. The molecule has 3 rings (SSSR count). The zero-order valence-corrected chi connectivity index (χ0v) is 13.9. The smallest absolute Gasteiger partial charge is 0.257 e. The number of aryl methyl sites for hydroxylation is 1. The predicted octanol–water partition coefficient (Wildman–Crippen LogP) is 1.60. The summed E-state index contributed by atoms with van der Waals surface area (Å²) in [6.45, 7) is 2.50. The molecule has 2 heterocycles. The molecule has 124 valence electrons. The molecule has 8 heteroatoms. The van der Waals surface area contributed by atoms with Crippen LogP contribution in [0.3, 0.4) is 0 Å². The van der Waals surface area contributed by atoms with Gasteiger partial charge >= 0.3 is 0 Å². The van der Waals surface area contributed by atoms with Crippen LogP contribution in [0.4, 0.5) is 0 Å². The summed E-state index contributed by atoms with van der Waals surface area (Å²) in [6, 6.07) is 8.91. The number of thioether (sulfide) groups is 1. The first-order valence-corrected chi connectivity index (χ1v) is 8.38. The number of para-hydroxylation sites is 2. The average Bonchev–Trinajstić information content (AvgIpc) is 2.98. The lowest BCUT2D eigenvalue weighted by atomic mass is 10.3. The van der Waals surface area contributed by atoms with Gasteiger partial charge in [0.05, 0.1) is 12.1 Å². The summed E-state index contributed by atoms with van der Waals surface area (Å²) in [5, 5.41) is 3.22. The maximum absolute atomic E-state index is 11.9. The number of oxazole rings is 1. The van der Waals surface area contributed by atoms with Crippen molar-refractivity contribution in [3.05, 3.63) is 52.7 Å². The summed E-state index contributed by atoms with van der Waals surface area (Å²) in [6.07, 6.45) is 1.48. The quantitative estimate of drug-likeness (QED) is 0.683. The third kappa shape index (κ3) is 4.02. The van der Waals surface area contributed by atoms with Crippen molar-refractivity contribution >= 4 is 28.8 Å². The van der Waals surface area contributed by atoms with Gasteiger partial charge in [-0.3, -0.25) is 14.2 Å². The zero-order valence-electron chi connectivity index (χ0n) is 13.1. The number of rotatable bonds is 6. The second kappa shape index (κ2) is 7.31. The fourth-order valence-electron chi connectivity index (χ4n) is 2.09. The Bertz CT molecular complexity index is 886. The van der Waals surface area contributed by atoms with E-state index in [0.29, 0.717) is 29.6 Å². The molecule has 3 aromatic rings. The van der Waals surface area contributed by atoms with Crippen molar-refractivity contribution in [1.29, 1.82) is 0 Å². The summed E-state index contributed by atoms with van der Waals surface area (Å²) in [4.78, 5) is 31.9. The highest BCUT2D eigenvalue weighted by molar-refractivity contribution is 7.99. The number of amides is 1. The van der Waals surface area contributed by atoms with Crippen molar-refractivity contribution in [2.24, 2.45) is 0 Å². The number of nitrogens with zero attached hydrogens (tertiary/aromatic N) is 3. The first kappa shape index (κ1) is 16.3. The van der Waals surface area contributed by atoms with E-state index in [0.717, 1.165) is 5.52 Å². The van der Waals surface area contributed by atoms with E-state index in [-0.39, 0.29) is 17.2 Å². The Kier molecular flexibility index (Phi) is 4.95. The van der Waals surface area contributed by atoms with Gasteiger partial charge in [0.1, 0.15) is 5.52 Å². The molecular weight excluding hydrogens is 328 g/mol. The molecule has 0 aliphatic rings. The molecule has 1 aromatic carbocycles. The van der Waals surface area contributed by atoms with Gasteiger partial charge in [-0.05, 0) is 19.1 Å². The Morgan fingerprint density at radius 1 is 1.38 bits per heavy atom. The summed E-state index contributed by atoms with van der Waals surface area (Å²) in [5.74, 6) is 0.0591. The molecule has 0 atom stereocenters. The fourth-order valence-corrected chi connectivity index (χ4v) is 2.76. The number of carbonyl (C=O) groups is 1.